The van der Waals surface area contributed by atoms with Gasteiger partial charge < -0.3 is 20.4 Å². The highest BCUT2D eigenvalue weighted by atomic mass is 16.2. The van der Waals surface area contributed by atoms with Crippen LogP contribution in [-0.2, 0) is 4.79 Å². The van der Waals surface area contributed by atoms with Crippen molar-refractivity contribution < 1.29 is 9.59 Å². The van der Waals surface area contributed by atoms with Gasteiger partial charge in [-0.25, -0.2) is 0 Å². The number of piperazine rings is 1. The van der Waals surface area contributed by atoms with E-state index in [0.29, 0.717) is 44.0 Å². The summed E-state index contributed by atoms with van der Waals surface area (Å²) in [5, 5.41) is 0. The Labute approximate surface area is 131 Å². The van der Waals surface area contributed by atoms with Crippen LogP contribution in [0.15, 0.2) is 18.2 Å². The van der Waals surface area contributed by atoms with E-state index in [9.17, 15) is 9.59 Å². The first-order valence-electron chi connectivity index (χ1n) is 7.46. The van der Waals surface area contributed by atoms with Crippen molar-refractivity contribution in [1.82, 2.24) is 14.7 Å². The van der Waals surface area contributed by atoms with Gasteiger partial charge in [0.2, 0.25) is 5.91 Å². The number of amides is 2. The van der Waals surface area contributed by atoms with E-state index in [-0.39, 0.29) is 11.8 Å². The molecule has 1 aromatic rings. The second kappa shape index (κ2) is 6.79. The summed E-state index contributed by atoms with van der Waals surface area (Å²) in [5.74, 6) is 0.123. The molecule has 0 radical (unpaired) electrons. The van der Waals surface area contributed by atoms with Gasteiger partial charge in [0.25, 0.3) is 5.91 Å². The van der Waals surface area contributed by atoms with Gasteiger partial charge in [0.1, 0.15) is 0 Å². The van der Waals surface area contributed by atoms with Gasteiger partial charge in [-0.1, -0.05) is 0 Å². The molecular weight excluding hydrogens is 280 g/mol. The first kappa shape index (κ1) is 16.3. The topological polar surface area (TPSA) is 69.9 Å². The van der Waals surface area contributed by atoms with Crippen LogP contribution in [-0.4, -0.2) is 73.3 Å². The quantitative estimate of drug-likeness (QED) is 0.822. The number of hydrogen-bond acceptors (Lipinski definition) is 4. The SMILES string of the molecule is Cc1cc(N)ccc1C(=O)N1CCN(C(=O)CN(C)C)CC1. The molecule has 0 aliphatic carbocycles. The highest BCUT2D eigenvalue weighted by Gasteiger charge is 2.25. The smallest absolute Gasteiger partial charge is 0.254 e. The normalized spacial score (nSPS) is 15.3. The fourth-order valence-electron chi connectivity index (χ4n) is 2.63. The summed E-state index contributed by atoms with van der Waals surface area (Å²) in [6, 6.07) is 5.33. The number of nitrogens with two attached hydrogens (primary N) is 1. The summed E-state index contributed by atoms with van der Waals surface area (Å²) < 4.78 is 0. The van der Waals surface area contributed by atoms with Crippen LogP contribution in [0.1, 0.15) is 15.9 Å². The number of nitrogen functional groups attached to an aromatic ring is 1. The molecule has 1 heterocycles. The Balaban J connectivity index is 1.96. The van der Waals surface area contributed by atoms with Crippen molar-refractivity contribution in [2.75, 3.05) is 52.6 Å². The van der Waals surface area contributed by atoms with Crippen molar-refractivity contribution >= 4 is 17.5 Å². The first-order chi connectivity index (χ1) is 10.4. The average molecular weight is 304 g/mol. The fraction of sp³-hybridized carbons (Fsp3) is 0.500. The number of likely N-dealkylation sites (N-methyl/N-ethyl adjacent to an activating group) is 1. The van der Waals surface area contributed by atoms with Gasteiger partial charge in [-0.15, -0.1) is 0 Å². The molecule has 6 nitrogen and oxygen atoms in total. The van der Waals surface area contributed by atoms with Crippen molar-refractivity contribution in [2.24, 2.45) is 0 Å². The molecule has 22 heavy (non-hydrogen) atoms. The Kier molecular flexibility index (Phi) is 5.03. The van der Waals surface area contributed by atoms with Crippen LogP contribution in [0.5, 0.6) is 0 Å². The fourth-order valence-corrected chi connectivity index (χ4v) is 2.63. The maximum absolute atomic E-state index is 12.6. The molecule has 0 atom stereocenters. The molecule has 6 heteroatoms. The molecule has 0 unspecified atom stereocenters. The molecule has 2 rings (SSSR count). The van der Waals surface area contributed by atoms with Crippen LogP contribution in [0.25, 0.3) is 0 Å². The Morgan fingerprint density at radius 3 is 2.27 bits per heavy atom. The Morgan fingerprint density at radius 2 is 1.73 bits per heavy atom. The van der Waals surface area contributed by atoms with E-state index < -0.39 is 0 Å². The lowest BCUT2D eigenvalue weighted by Crippen LogP contribution is -2.52. The third-order valence-electron chi connectivity index (χ3n) is 3.85. The molecule has 1 fully saturated rings. The van der Waals surface area contributed by atoms with Crippen molar-refractivity contribution in [2.45, 2.75) is 6.92 Å². The van der Waals surface area contributed by atoms with Crippen LogP contribution in [0, 0.1) is 6.92 Å². The zero-order valence-electron chi connectivity index (χ0n) is 13.5. The number of carbonyl (C=O) groups excluding carboxylic acids is 2. The van der Waals surface area contributed by atoms with E-state index >= 15 is 0 Å². The lowest BCUT2D eigenvalue weighted by molar-refractivity contribution is -0.133. The summed E-state index contributed by atoms with van der Waals surface area (Å²) in [6.45, 7) is 4.62. The zero-order valence-corrected chi connectivity index (χ0v) is 13.5. The van der Waals surface area contributed by atoms with Crippen LogP contribution in [0.4, 0.5) is 5.69 Å². The number of anilines is 1. The summed E-state index contributed by atoms with van der Waals surface area (Å²) in [4.78, 5) is 30.1. The van der Waals surface area contributed by atoms with Gasteiger partial charge in [0.15, 0.2) is 0 Å². The maximum Gasteiger partial charge on any atom is 0.254 e. The monoisotopic (exact) mass is 304 g/mol. The number of carbonyl (C=O) groups is 2. The van der Waals surface area contributed by atoms with Crippen molar-refractivity contribution in [1.29, 1.82) is 0 Å². The molecule has 1 aromatic carbocycles. The third kappa shape index (κ3) is 3.76. The van der Waals surface area contributed by atoms with Gasteiger partial charge in [-0.05, 0) is 44.8 Å². The molecule has 120 valence electrons. The molecular formula is C16H24N4O2. The molecule has 0 aromatic heterocycles. The zero-order chi connectivity index (χ0) is 16.3. The van der Waals surface area contributed by atoms with Crippen molar-refractivity contribution in [3.05, 3.63) is 29.3 Å². The minimum absolute atomic E-state index is 0.0113. The lowest BCUT2D eigenvalue weighted by atomic mass is 10.1. The molecule has 0 bridgehead atoms. The van der Waals surface area contributed by atoms with Crippen LogP contribution >= 0.6 is 0 Å². The second-order valence-electron chi connectivity index (χ2n) is 5.99. The first-order valence-corrected chi connectivity index (χ1v) is 7.46. The van der Waals surface area contributed by atoms with E-state index in [4.69, 9.17) is 5.73 Å². The molecule has 1 aliphatic rings. The molecule has 2 amide bonds. The highest BCUT2D eigenvalue weighted by molar-refractivity contribution is 5.96. The van der Waals surface area contributed by atoms with Gasteiger partial charge >= 0.3 is 0 Å². The standard InChI is InChI=1S/C16H24N4O2/c1-12-10-13(17)4-5-14(12)16(22)20-8-6-19(7-9-20)15(21)11-18(2)3/h4-5,10H,6-9,11,17H2,1-3H3. The average Bonchev–Trinajstić information content (AvgIpc) is 2.46. The predicted molar refractivity (Wildman–Crippen MR) is 86.6 cm³/mol. The van der Waals surface area contributed by atoms with E-state index in [0.717, 1.165) is 5.56 Å². The van der Waals surface area contributed by atoms with E-state index in [1.807, 2.05) is 36.9 Å². The van der Waals surface area contributed by atoms with E-state index in [1.54, 1.807) is 17.0 Å². The van der Waals surface area contributed by atoms with Crippen LogP contribution < -0.4 is 5.73 Å². The number of nitrogens with zero attached hydrogens (tertiary/aromatic N) is 3. The second-order valence-corrected chi connectivity index (χ2v) is 5.99. The van der Waals surface area contributed by atoms with Gasteiger partial charge in [-0.3, -0.25) is 9.59 Å². The predicted octanol–water partition coefficient (Wildman–Crippen LogP) is 0.423. The number of benzene rings is 1. The number of rotatable bonds is 3. The van der Waals surface area contributed by atoms with Gasteiger partial charge in [0.05, 0.1) is 6.54 Å². The summed E-state index contributed by atoms with van der Waals surface area (Å²) in [5.41, 5.74) is 7.95. The number of aryl methyl sites for hydroxylation is 1. The summed E-state index contributed by atoms with van der Waals surface area (Å²) in [7, 11) is 3.75. The molecule has 1 aliphatic heterocycles. The molecule has 0 saturated carbocycles. The maximum atomic E-state index is 12.6. The van der Waals surface area contributed by atoms with Crippen LogP contribution in [0.2, 0.25) is 0 Å². The third-order valence-corrected chi connectivity index (χ3v) is 3.85. The largest absolute Gasteiger partial charge is 0.399 e. The lowest BCUT2D eigenvalue weighted by Gasteiger charge is -2.35. The van der Waals surface area contributed by atoms with Crippen molar-refractivity contribution in [3.8, 4) is 0 Å². The molecule has 2 N–H and O–H groups in total. The Hall–Kier alpha value is -2.08. The van der Waals surface area contributed by atoms with E-state index in [1.165, 1.54) is 0 Å². The number of hydrogen-bond donors (Lipinski definition) is 1. The van der Waals surface area contributed by atoms with Gasteiger partial charge in [0, 0.05) is 37.4 Å². The van der Waals surface area contributed by atoms with E-state index in [2.05, 4.69) is 0 Å². The minimum atomic E-state index is 0.0113. The molecule has 1 saturated heterocycles. The summed E-state index contributed by atoms with van der Waals surface area (Å²) >= 11 is 0. The molecule has 0 spiro atoms. The highest BCUT2D eigenvalue weighted by Crippen LogP contribution is 2.16. The Morgan fingerprint density at radius 1 is 1.14 bits per heavy atom. The summed E-state index contributed by atoms with van der Waals surface area (Å²) in [6.07, 6.45) is 0. The Bertz CT molecular complexity index is 563. The van der Waals surface area contributed by atoms with Crippen molar-refractivity contribution in [3.63, 3.8) is 0 Å². The minimum Gasteiger partial charge on any atom is -0.399 e. The van der Waals surface area contributed by atoms with Crippen LogP contribution in [0.3, 0.4) is 0 Å². The van der Waals surface area contributed by atoms with Gasteiger partial charge in [-0.2, -0.15) is 0 Å².